The minimum absolute atomic E-state index is 0.881. The van der Waals surface area contributed by atoms with Gasteiger partial charge in [-0.3, -0.25) is 0 Å². The van der Waals surface area contributed by atoms with Gasteiger partial charge in [-0.2, -0.15) is 0 Å². The van der Waals surface area contributed by atoms with Crippen molar-refractivity contribution in [3.05, 3.63) is 47.9 Å². The van der Waals surface area contributed by atoms with E-state index in [0.29, 0.717) is 0 Å². The summed E-state index contributed by atoms with van der Waals surface area (Å²) in [5.74, 6) is 1.39. The van der Waals surface area contributed by atoms with Gasteiger partial charge >= 0.3 is 7.12 Å². The summed E-state index contributed by atoms with van der Waals surface area (Å²) in [5, 5.41) is 17.1. The molecule has 0 aliphatic rings. The van der Waals surface area contributed by atoms with E-state index in [4.69, 9.17) is 10.0 Å². The molecule has 0 amide bonds. The first kappa shape index (κ1) is 11.0. The molecule has 0 heterocycles. The van der Waals surface area contributed by atoms with Crippen LogP contribution in [0.5, 0.6) is 0 Å². The van der Waals surface area contributed by atoms with E-state index in [2.05, 4.69) is 12.1 Å². The van der Waals surface area contributed by atoms with Gasteiger partial charge in [0.25, 0.3) is 0 Å². The summed E-state index contributed by atoms with van der Waals surface area (Å²) in [5.41, 5.74) is 1.32. The van der Waals surface area contributed by atoms with Crippen LogP contribution in [0.2, 0.25) is 0 Å². The highest BCUT2D eigenvalue weighted by atomic mass is 16.4. The second-order valence-corrected chi connectivity index (χ2v) is 3.22. The van der Waals surface area contributed by atoms with Crippen LogP contribution < -0.4 is 0 Å². The van der Waals surface area contributed by atoms with Gasteiger partial charge in [-0.1, -0.05) is 42.4 Å². The molecule has 2 nitrogen and oxygen atoms in total. The summed E-state index contributed by atoms with van der Waals surface area (Å²) in [6.07, 6.45) is 4.75. The van der Waals surface area contributed by atoms with Crippen LogP contribution in [0.4, 0.5) is 0 Å². The van der Waals surface area contributed by atoms with Gasteiger partial charge in [0.2, 0.25) is 0 Å². The third kappa shape index (κ3) is 4.85. The Bertz CT molecular complexity index is 270. The summed E-state index contributed by atoms with van der Waals surface area (Å²) in [4.78, 5) is 0. The quantitative estimate of drug-likeness (QED) is 0.546. The molecule has 0 unspecified atom stereocenters. The Kier molecular flexibility index (Phi) is 5.04. The van der Waals surface area contributed by atoms with E-state index >= 15 is 0 Å². The van der Waals surface area contributed by atoms with Crippen molar-refractivity contribution in [3.8, 4) is 0 Å². The number of rotatable bonds is 5. The Morgan fingerprint density at radius 1 is 1.14 bits per heavy atom. The molecule has 0 fully saturated rings. The zero-order valence-electron chi connectivity index (χ0n) is 8.13. The average molecular weight is 190 g/mol. The van der Waals surface area contributed by atoms with Crippen molar-refractivity contribution < 1.29 is 10.0 Å². The van der Waals surface area contributed by atoms with E-state index < -0.39 is 7.12 Å². The lowest BCUT2D eigenvalue weighted by molar-refractivity contribution is 0.424. The Hall–Kier alpha value is -1.06. The van der Waals surface area contributed by atoms with Crippen LogP contribution in [-0.4, -0.2) is 17.2 Å². The molecule has 1 aromatic rings. The highest BCUT2D eigenvalue weighted by Crippen LogP contribution is 2.04. The van der Waals surface area contributed by atoms with Crippen LogP contribution in [0.3, 0.4) is 0 Å². The molecule has 0 bridgehead atoms. The minimum atomic E-state index is -1.31. The van der Waals surface area contributed by atoms with Gasteiger partial charge in [-0.15, -0.1) is 0 Å². The van der Waals surface area contributed by atoms with E-state index in [-0.39, 0.29) is 0 Å². The number of allylic oxidation sites excluding steroid dienone is 1. The molecule has 0 atom stereocenters. The molecule has 1 rings (SSSR count). The Labute approximate surface area is 85.0 Å². The van der Waals surface area contributed by atoms with Crippen molar-refractivity contribution in [3.63, 3.8) is 0 Å². The van der Waals surface area contributed by atoms with Crippen LogP contribution >= 0.6 is 0 Å². The standard InChI is InChI=1S/C11H15BO2/c13-12(14)10-6-2-5-9-11-7-3-1-4-8-11/h1,3-4,6-8,10,13-14H,2,5,9H2. The third-order valence-corrected chi connectivity index (χ3v) is 1.99. The van der Waals surface area contributed by atoms with E-state index in [1.165, 1.54) is 11.5 Å². The summed E-state index contributed by atoms with van der Waals surface area (Å²) in [6, 6.07) is 10.3. The first-order valence-electron chi connectivity index (χ1n) is 4.86. The topological polar surface area (TPSA) is 40.5 Å². The molecule has 74 valence electrons. The molecule has 0 aromatic heterocycles. The Morgan fingerprint density at radius 3 is 2.50 bits per heavy atom. The second kappa shape index (κ2) is 6.41. The fourth-order valence-electron chi connectivity index (χ4n) is 1.29. The summed E-state index contributed by atoms with van der Waals surface area (Å²) < 4.78 is 0. The summed E-state index contributed by atoms with van der Waals surface area (Å²) in [7, 11) is -1.31. The molecule has 3 heteroatoms. The number of unbranched alkanes of at least 4 members (excludes halogenated alkanes) is 1. The SMILES string of the molecule is OB(O)C=CCCCc1ccccc1. The molecule has 0 radical (unpaired) electrons. The molecule has 0 saturated carbocycles. The lowest BCUT2D eigenvalue weighted by Crippen LogP contribution is -2.05. The van der Waals surface area contributed by atoms with Crippen molar-refractivity contribution in [1.82, 2.24) is 0 Å². The van der Waals surface area contributed by atoms with Gasteiger partial charge in [0, 0.05) is 0 Å². The fourth-order valence-corrected chi connectivity index (χ4v) is 1.29. The van der Waals surface area contributed by atoms with Gasteiger partial charge in [0.1, 0.15) is 0 Å². The zero-order chi connectivity index (χ0) is 10.2. The number of hydrogen-bond acceptors (Lipinski definition) is 2. The van der Waals surface area contributed by atoms with Crippen LogP contribution in [-0.2, 0) is 6.42 Å². The number of hydrogen-bond donors (Lipinski definition) is 2. The van der Waals surface area contributed by atoms with E-state index in [1.54, 1.807) is 6.08 Å². The number of aryl methyl sites for hydroxylation is 1. The van der Waals surface area contributed by atoms with Crippen LogP contribution in [0.1, 0.15) is 18.4 Å². The predicted molar refractivity (Wildman–Crippen MR) is 58.7 cm³/mol. The lowest BCUT2D eigenvalue weighted by atomic mass is 9.91. The third-order valence-electron chi connectivity index (χ3n) is 1.99. The minimum Gasteiger partial charge on any atom is -0.424 e. The zero-order valence-corrected chi connectivity index (χ0v) is 8.13. The molecular weight excluding hydrogens is 175 g/mol. The van der Waals surface area contributed by atoms with Gasteiger partial charge in [-0.25, -0.2) is 0 Å². The molecule has 1 aromatic carbocycles. The largest absolute Gasteiger partial charge is 0.480 e. The summed E-state index contributed by atoms with van der Waals surface area (Å²) >= 11 is 0. The maximum Gasteiger partial charge on any atom is 0.480 e. The van der Waals surface area contributed by atoms with Crippen LogP contribution in [0.25, 0.3) is 0 Å². The van der Waals surface area contributed by atoms with E-state index in [0.717, 1.165) is 19.3 Å². The normalized spacial score (nSPS) is 10.7. The van der Waals surface area contributed by atoms with Gasteiger partial charge < -0.3 is 10.0 Å². The van der Waals surface area contributed by atoms with Crippen LogP contribution in [0, 0.1) is 0 Å². The van der Waals surface area contributed by atoms with Crippen molar-refractivity contribution in [2.24, 2.45) is 0 Å². The van der Waals surface area contributed by atoms with Crippen molar-refractivity contribution in [2.45, 2.75) is 19.3 Å². The lowest BCUT2D eigenvalue weighted by Gasteiger charge is -1.97. The Morgan fingerprint density at radius 2 is 1.86 bits per heavy atom. The van der Waals surface area contributed by atoms with Gasteiger partial charge in [0.15, 0.2) is 0 Å². The molecule has 0 aliphatic heterocycles. The first-order chi connectivity index (χ1) is 6.79. The van der Waals surface area contributed by atoms with Gasteiger partial charge in [-0.05, 0) is 24.8 Å². The molecule has 2 N–H and O–H groups in total. The highest BCUT2D eigenvalue weighted by molar-refractivity contribution is 6.47. The van der Waals surface area contributed by atoms with Crippen LogP contribution in [0.15, 0.2) is 42.4 Å². The van der Waals surface area contributed by atoms with Crippen molar-refractivity contribution in [2.75, 3.05) is 0 Å². The monoisotopic (exact) mass is 190 g/mol. The maximum absolute atomic E-state index is 8.54. The second-order valence-electron chi connectivity index (χ2n) is 3.22. The van der Waals surface area contributed by atoms with E-state index in [9.17, 15) is 0 Å². The predicted octanol–water partition coefficient (Wildman–Crippen LogP) is 1.58. The molecule has 0 spiro atoms. The molecular formula is C11H15BO2. The maximum atomic E-state index is 8.54. The smallest absolute Gasteiger partial charge is 0.424 e. The van der Waals surface area contributed by atoms with Crippen molar-refractivity contribution >= 4 is 7.12 Å². The van der Waals surface area contributed by atoms with E-state index in [1.807, 2.05) is 18.2 Å². The average Bonchev–Trinajstić information content (AvgIpc) is 2.18. The first-order valence-corrected chi connectivity index (χ1v) is 4.86. The Balaban J connectivity index is 2.16. The molecule has 14 heavy (non-hydrogen) atoms. The highest BCUT2D eigenvalue weighted by Gasteiger charge is 1.96. The fraction of sp³-hybridized carbons (Fsp3) is 0.273. The molecule has 0 aliphatic carbocycles. The number of benzene rings is 1. The van der Waals surface area contributed by atoms with Gasteiger partial charge in [0.05, 0.1) is 0 Å². The molecule has 0 saturated heterocycles. The summed E-state index contributed by atoms with van der Waals surface area (Å²) in [6.45, 7) is 0. The van der Waals surface area contributed by atoms with Crippen molar-refractivity contribution in [1.29, 1.82) is 0 Å².